The van der Waals surface area contributed by atoms with E-state index in [0.29, 0.717) is 37.7 Å². The van der Waals surface area contributed by atoms with Crippen molar-refractivity contribution >= 4 is 17.6 Å². The number of carbonyl (C=O) groups excluding carboxylic acids is 2. The molecule has 1 N–H and O–H groups in total. The quantitative estimate of drug-likeness (QED) is 0.903. The van der Waals surface area contributed by atoms with Crippen molar-refractivity contribution in [3.8, 4) is 0 Å². The Balaban J connectivity index is 1.48. The summed E-state index contributed by atoms with van der Waals surface area (Å²) in [5.74, 6) is 0.0153. The molecule has 0 aliphatic carbocycles. The highest BCUT2D eigenvalue weighted by Crippen LogP contribution is 2.31. The van der Waals surface area contributed by atoms with E-state index in [1.165, 1.54) is 12.1 Å². The van der Waals surface area contributed by atoms with Gasteiger partial charge in [0.15, 0.2) is 0 Å². The fourth-order valence-electron chi connectivity index (χ4n) is 4.01. The molecule has 2 bridgehead atoms. The van der Waals surface area contributed by atoms with Crippen LogP contribution >= 0.6 is 0 Å². The number of likely N-dealkylation sites (tertiary alicyclic amines) is 2. The number of nitrogens with one attached hydrogen (secondary N) is 1. The fourth-order valence-corrected chi connectivity index (χ4v) is 4.01. The highest BCUT2D eigenvalue weighted by atomic mass is 19.1. The Bertz CT molecular complexity index is 842. The maximum absolute atomic E-state index is 13.5. The minimum absolute atomic E-state index is 0.0570. The van der Waals surface area contributed by atoms with Gasteiger partial charge in [-0.3, -0.25) is 4.79 Å². The van der Waals surface area contributed by atoms with E-state index in [1.807, 2.05) is 36.4 Å². The minimum Gasteiger partial charge on any atom is -0.336 e. The van der Waals surface area contributed by atoms with Gasteiger partial charge in [-0.15, -0.1) is 0 Å². The number of anilines is 1. The van der Waals surface area contributed by atoms with Crippen molar-refractivity contribution < 1.29 is 14.0 Å². The van der Waals surface area contributed by atoms with E-state index < -0.39 is 6.04 Å². The molecule has 2 aromatic carbocycles. The number of piperidine rings is 2. The highest BCUT2D eigenvalue weighted by Gasteiger charge is 2.43. The molecule has 140 valence electrons. The van der Waals surface area contributed by atoms with Gasteiger partial charge in [-0.1, -0.05) is 30.3 Å². The summed E-state index contributed by atoms with van der Waals surface area (Å²) in [6, 6.07) is 14.9. The Hall–Kier alpha value is -2.89. The number of halogens is 1. The SMILES string of the molecule is O=C1[C@H]2C[C@H](CCN2C(=O)Nc2ccccc2)CN1Cc1cccc(F)c1. The molecule has 6 heteroatoms. The third-order valence-corrected chi connectivity index (χ3v) is 5.33. The second-order valence-corrected chi connectivity index (χ2v) is 7.24. The number of amides is 3. The Labute approximate surface area is 157 Å². The monoisotopic (exact) mass is 367 g/mol. The molecule has 2 fully saturated rings. The molecule has 27 heavy (non-hydrogen) atoms. The van der Waals surface area contributed by atoms with Crippen molar-refractivity contribution in [2.75, 3.05) is 18.4 Å². The molecule has 5 nitrogen and oxygen atoms in total. The summed E-state index contributed by atoms with van der Waals surface area (Å²) in [4.78, 5) is 29.1. The van der Waals surface area contributed by atoms with Crippen molar-refractivity contribution in [3.63, 3.8) is 0 Å². The maximum Gasteiger partial charge on any atom is 0.322 e. The molecule has 0 unspecified atom stereocenters. The van der Waals surface area contributed by atoms with E-state index in [4.69, 9.17) is 0 Å². The van der Waals surface area contributed by atoms with Crippen molar-refractivity contribution in [1.29, 1.82) is 0 Å². The number of para-hydroxylation sites is 1. The minimum atomic E-state index is -0.449. The van der Waals surface area contributed by atoms with Gasteiger partial charge in [0, 0.05) is 25.3 Å². The fraction of sp³-hybridized carbons (Fsp3) is 0.333. The Morgan fingerprint density at radius 1 is 1.15 bits per heavy atom. The second kappa shape index (κ2) is 7.39. The molecule has 0 aromatic heterocycles. The van der Waals surface area contributed by atoms with E-state index in [0.717, 1.165) is 12.0 Å². The average molecular weight is 367 g/mol. The average Bonchev–Trinajstić information content (AvgIpc) is 2.67. The summed E-state index contributed by atoms with van der Waals surface area (Å²) in [6.45, 7) is 1.62. The maximum atomic E-state index is 13.5. The van der Waals surface area contributed by atoms with Crippen LogP contribution in [-0.4, -0.2) is 40.9 Å². The summed E-state index contributed by atoms with van der Waals surface area (Å²) < 4.78 is 13.5. The lowest BCUT2D eigenvalue weighted by atomic mass is 9.86. The van der Waals surface area contributed by atoms with E-state index in [-0.39, 0.29) is 17.8 Å². The van der Waals surface area contributed by atoms with Gasteiger partial charge in [-0.05, 0) is 48.6 Å². The molecular formula is C21H22FN3O2. The van der Waals surface area contributed by atoms with E-state index in [1.54, 1.807) is 15.9 Å². The van der Waals surface area contributed by atoms with Crippen molar-refractivity contribution in [2.24, 2.45) is 5.92 Å². The van der Waals surface area contributed by atoms with Gasteiger partial charge in [0.1, 0.15) is 11.9 Å². The second-order valence-electron chi connectivity index (χ2n) is 7.24. The number of urea groups is 1. The summed E-state index contributed by atoms with van der Waals surface area (Å²) in [6.07, 6.45) is 1.56. The summed E-state index contributed by atoms with van der Waals surface area (Å²) in [7, 11) is 0. The Kier molecular flexibility index (Phi) is 4.79. The summed E-state index contributed by atoms with van der Waals surface area (Å²) >= 11 is 0. The molecule has 2 aliphatic heterocycles. The largest absolute Gasteiger partial charge is 0.336 e. The number of rotatable bonds is 3. The first-order chi connectivity index (χ1) is 13.1. The van der Waals surface area contributed by atoms with Gasteiger partial charge in [-0.2, -0.15) is 0 Å². The zero-order chi connectivity index (χ0) is 18.8. The predicted octanol–water partition coefficient (Wildman–Crippen LogP) is 3.48. The van der Waals surface area contributed by atoms with Gasteiger partial charge < -0.3 is 15.1 Å². The third kappa shape index (κ3) is 3.79. The van der Waals surface area contributed by atoms with Gasteiger partial charge in [0.25, 0.3) is 0 Å². The van der Waals surface area contributed by atoms with Crippen molar-refractivity contribution in [1.82, 2.24) is 9.80 Å². The van der Waals surface area contributed by atoms with Crippen LogP contribution in [0.3, 0.4) is 0 Å². The van der Waals surface area contributed by atoms with Crippen LogP contribution in [0.25, 0.3) is 0 Å². The van der Waals surface area contributed by atoms with Gasteiger partial charge in [0.05, 0.1) is 0 Å². The molecule has 2 atom stereocenters. The topological polar surface area (TPSA) is 52.7 Å². The lowest BCUT2D eigenvalue weighted by Crippen LogP contribution is -2.60. The first-order valence-electron chi connectivity index (χ1n) is 9.26. The zero-order valence-corrected chi connectivity index (χ0v) is 15.0. The number of carbonyl (C=O) groups is 2. The van der Waals surface area contributed by atoms with Crippen molar-refractivity contribution in [2.45, 2.75) is 25.4 Å². The molecule has 0 saturated carbocycles. The Morgan fingerprint density at radius 2 is 1.96 bits per heavy atom. The van der Waals surface area contributed by atoms with Gasteiger partial charge in [0.2, 0.25) is 5.91 Å². The van der Waals surface area contributed by atoms with E-state index in [2.05, 4.69) is 5.32 Å². The highest BCUT2D eigenvalue weighted by molar-refractivity contribution is 5.94. The van der Waals surface area contributed by atoms with Crippen LogP contribution in [0.5, 0.6) is 0 Å². The number of nitrogens with zero attached hydrogens (tertiary/aromatic N) is 2. The molecule has 2 aromatic rings. The van der Waals surface area contributed by atoms with Gasteiger partial charge >= 0.3 is 6.03 Å². The Morgan fingerprint density at radius 3 is 2.74 bits per heavy atom. The first-order valence-corrected chi connectivity index (χ1v) is 9.26. The number of fused-ring (bicyclic) bond motifs is 2. The first kappa shape index (κ1) is 17.5. The van der Waals surface area contributed by atoms with Crippen LogP contribution in [0, 0.1) is 11.7 Å². The normalized spacial score (nSPS) is 21.9. The summed E-state index contributed by atoms with van der Waals surface area (Å²) in [5.41, 5.74) is 1.48. The van der Waals surface area contributed by atoms with Crippen molar-refractivity contribution in [3.05, 3.63) is 66.0 Å². The lowest BCUT2D eigenvalue weighted by molar-refractivity contribution is -0.144. The number of hydrogen-bond donors (Lipinski definition) is 1. The molecule has 2 saturated heterocycles. The zero-order valence-electron chi connectivity index (χ0n) is 15.0. The molecule has 0 radical (unpaired) electrons. The van der Waals surface area contributed by atoms with Crippen LogP contribution in [-0.2, 0) is 11.3 Å². The third-order valence-electron chi connectivity index (χ3n) is 5.33. The summed E-state index contributed by atoms with van der Waals surface area (Å²) in [5, 5.41) is 2.87. The lowest BCUT2D eigenvalue weighted by Gasteiger charge is -2.46. The van der Waals surface area contributed by atoms with Crippen LogP contribution in [0.2, 0.25) is 0 Å². The molecule has 2 aliphatic rings. The molecular weight excluding hydrogens is 345 g/mol. The van der Waals surface area contributed by atoms with Crippen LogP contribution in [0.15, 0.2) is 54.6 Å². The van der Waals surface area contributed by atoms with E-state index >= 15 is 0 Å². The molecule has 0 spiro atoms. The van der Waals surface area contributed by atoms with Crippen LogP contribution in [0.1, 0.15) is 18.4 Å². The van der Waals surface area contributed by atoms with Gasteiger partial charge in [-0.25, -0.2) is 9.18 Å². The molecule has 3 amide bonds. The predicted molar refractivity (Wildman–Crippen MR) is 100 cm³/mol. The van der Waals surface area contributed by atoms with Crippen LogP contribution in [0.4, 0.5) is 14.9 Å². The number of benzene rings is 2. The van der Waals surface area contributed by atoms with E-state index in [9.17, 15) is 14.0 Å². The molecule has 4 rings (SSSR count). The van der Waals surface area contributed by atoms with Crippen LogP contribution < -0.4 is 5.32 Å². The molecule has 2 heterocycles. The smallest absolute Gasteiger partial charge is 0.322 e. The number of hydrogen-bond acceptors (Lipinski definition) is 2. The standard InChI is InChI=1S/C21H22FN3O2/c22-17-6-4-5-15(11-17)13-24-14-16-9-10-25(19(12-16)20(24)26)21(27)23-18-7-2-1-3-8-18/h1-8,11,16,19H,9-10,12-14H2,(H,23,27)/t16-,19+/m0/s1.